The van der Waals surface area contributed by atoms with E-state index >= 15 is 4.57 Å². The topological polar surface area (TPSA) is 17.1 Å². The lowest BCUT2D eigenvalue weighted by atomic mass is 10.1. The third-order valence-corrected chi connectivity index (χ3v) is 8.75. The Hall–Kier alpha value is -3.15. The summed E-state index contributed by atoms with van der Waals surface area (Å²) in [5.41, 5.74) is 4.65. The zero-order valence-corrected chi connectivity index (χ0v) is 18.9. The lowest BCUT2D eigenvalue weighted by Crippen LogP contribution is -2.17. The van der Waals surface area contributed by atoms with Crippen LogP contribution in [0, 0.1) is 13.8 Å². The molecular formula is C29H27OP. The molecule has 0 aliphatic carbocycles. The van der Waals surface area contributed by atoms with Crippen molar-refractivity contribution >= 4 is 23.1 Å². The van der Waals surface area contributed by atoms with Gasteiger partial charge in [0.25, 0.3) is 0 Å². The Morgan fingerprint density at radius 3 is 1.58 bits per heavy atom. The zero-order valence-electron chi connectivity index (χ0n) is 18.0. The number of allylic oxidation sites excluding steroid dienone is 1. The Bertz CT molecular complexity index is 1160. The summed E-state index contributed by atoms with van der Waals surface area (Å²) < 4.78 is 15.0. The molecule has 0 spiro atoms. The van der Waals surface area contributed by atoms with Crippen molar-refractivity contribution in [2.45, 2.75) is 20.3 Å². The van der Waals surface area contributed by atoms with Gasteiger partial charge in [-0.15, -0.1) is 0 Å². The molecule has 0 unspecified atom stereocenters. The molecule has 0 saturated carbocycles. The molecule has 0 saturated heterocycles. The fourth-order valence-electron chi connectivity index (χ4n) is 3.79. The largest absolute Gasteiger partial charge is 0.309 e. The van der Waals surface area contributed by atoms with Gasteiger partial charge in [-0.25, -0.2) is 0 Å². The summed E-state index contributed by atoms with van der Waals surface area (Å²) in [5, 5.41) is 2.61. The Kier molecular flexibility index (Phi) is 6.35. The first-order chi connectivity index (χ1) is 15.1. The summed E-state index contributed by atoms with van der Waals surface area (Å²) in [6.07, 6.45) is 2.89. The van der Waals surface area contributed by atoms with E-state index in [9.17, 15) is 0 Å². The van der Waals surface area contributed by atoms with Crippen LogP contribution in [0.25, 0.3) is 5.31 Å². The van der Waals surface area contributed by atoms with Crippen LogP contribution in [0.3, 0.4) is 0 Å². The SMILES string of the molecule is Cc1ccc(C/C=C(\c2ccc(C)cc2)P(=O)(c2ccccc2)c2ccccc2)cc1. The highest BCUT2D eigenvalue weighted by Gasteiger charge is 2.32. The predicted octanol–water partition coefficient (Wildman–Crippen LogP) is 6.90. The normalized spacial score (nSPS) is 12.0. The highest BCUT2D eigenvalue weighted by molar-refractivity contribution is 7.87. The highest BCUT2D eigenvalue weighted by Crippen LogP contribution is 2.56. The summed E-state index contributed by atoms with van der Waals surface area (Å²) in [5.74, 6) is 0. The molecule has 31 heavy (non-hydrogen) atoms. The van der Waals surface area contributed by atoms with E-state index in [1.165, 1.54) is 16.7 Å². The van der Waals surface area contributed by atoms with Crippen molar-refractivity contribution in [3.05, 3.63) is 138 Å². The van der Waals surface area contributed by atoms with Gasteiger partial charge in [0.05, 0.1) is 0 Å². The molecule has 0 heterocycles. The van der Waals surface area contributed by atoms with Crippen LogP contribution < -0.4 is 10.6 Å². The minimum atomic E-state index is -3.06. The molecule has 0 bridgehead atoms. The fraction of sp³-hybridized carbons (Fsp3) is 0.103. The van der Waals surface area contributed by atoms with E-state index in [4.69, 9.17) is 0 Å². The second-order valence-corrected chi connectivity index (χ2v) is 10.7. The van der Waals surface area contributed by atoms with Crippen LogP contribution in [0.2, 0.25) is 0 Å². The molecule has 0 N–H and O–H groups in total. The number of hydrogen-bond donors (Lipinski definition) is 0. The van der Waals surface area contributed by atoms with Gasteiger partial charge < -0.3 is 4.57 Å². The smallest absolute Gasteiger partial charge is 0.171 e. The predicted molar refractivity (Wildman–Crippen MR) is 134 cm³/mol. The van der Waals surface area contributed by atoms with Gasteiger partial charge in [0.1, 0.15) is 0 Å². The van der Waals surface area contributed by atoms with E-state index < -0.39 is 7.14 Å². The van der Waals surface area contributed by atoms with Crippen LogP contribution in [0.5, 0.6) is 0 Å². The van der Waals surface area contributed by atoms with Gasteiger partial charge in [-0.05, 0) is 31.4 Å². The molecule has 4 aromatic carbocycles. The van der Waals surface area contributed by atoms with Gasteiger partial charge in [0.2, 0.25) is 0 Å². The molecule has 0 radical (unpaired) electrons. The standard InChI is InChI=1S/C29H27OP/c1-23-13-17-25(18-14-23)19-22-29(26-20-15-24(2)16-21-26)31(30,27-9-5-3-6-10-27)28-11-7-4-8-12-28/h3-18,20-22H,19H2,1-2H3/b29-22+. The highest BCUT2D eigenvalue weighted by atomic mass is 31.2. The summed E-state index contributed by atoms with van der Waals surface area (Å²) in [6.45, 7) is 4.17. The maximum absolute atomic E-state index is 15.0. The first-order valence-electron chi connectivity index (χ1n) is 10.6. The van der Waals surface area contributed by atoms with Gasteiger partial charge >= 0.3 is 0 Å². The van der Waals surface area contributed by atoms with Gasteiger partial charge in [0.15, 0.2) is 7.14 Å². The Labute approximate surface area is 185 Å². The number of hydrogen-bond acceptors (Lipinski definition) is 1. The third-order valence-electron chi connectivity index (χ3n) is 5.58. The summed E-state index contributed by atoms with van der Waals surface area (Å²) in [6, 6.07) is 36.7. The Morgan fingerprint density at radius 2 is 1.10 bits per heavy atom. The van der Waals surface area contributed by atoms with Crippen LogP contribution >= 0.6 is 7.14 Å². The fourth-order valence-corrected chi connectivity index (χ4v) is 6.69. The van der Waals surface area contributed by atoms with Crippen LogP contribution in [0.1, 0.15) is 22.3 Å². The van der Waals surface area contributed by atoms with Crippen molar-refractivity contribution in [1.82, 2.24) is 0 Å². The lowest BCUT2D eigenvalue weighted by Gasteiger charge is -2.23. The van der Waals surface area contributed by atoms with Crippen molar-refractivity contribution in [2.24, 2.45) is 0 Å². The minimum absolute atomic E-state index is 0.729. The van der Waals surface area contributed by atoms with Crippen LogP contribution in [-0.4, -0.2) is 0 Å². The number of rotatable bonds is 6. The van der Waals surface area contributed by atoms with Crippen LogP contribution in [0.4, 0.5) is 0 Å². The maximum Gasteiger partial charge on any atom is 0.171 e. The van der Waals surface area contributed by atoms with Crippen LogP contribution in [-0.2, 0) is 11.0 Å². The van der Waals surface area contributed by atoms with Gasteiger partial charge in [-0.1, -0.05) is 126 Å². The molecule has 0 aliphatic rings. The molecule has 4 rings (SSSR count). The molecule has 2 heteroatoms. The average Bonchev–Trinajstić information content (AvgIpc) is 2.82. The number of aryl methyl sites for hydroxylation is 2. The van der Waals surface area contributed by atoms with E-state index in [2.05, 4.69) is 68.5 Å². The molecule has 4 aromatic rings. The Morgan fingerprint density at radius 1 is 0.645 bits per heavy atom. The maximum atomic E-state index is 15.0. The summed E-state index contributed by atoms with van der Waals surface area (Å²) >= 11 is 0. The van der Waals surface area contributed by atoms with Crippen molar-refractivity contribution in [2.75, 3.05) is 0 Å². The molecule has 0 aromatic heterocycles. The van der Waals surface area contributed by atoms with E-state index in [1.54, 1.807) is 0 Å². The number of benzene rings is 4. The zero-order chi connectivity index (χ0) is 21.7. The first-order valence-corrected chi connectivity index (χ1v) is 12.3. The van der Waals surface area contributed by atoms with Gasteiger partial charge in [0, 0.05) is 15.9 Å². The van der Waals surface area contributed by atoms with Gasteiger partial charge in [-0.2, -0.15) is 0 Å². The molecular weight excluding hydrogens is 395 g/mol. The minimum Gasteiger partial charge on any atom is -0.309 e. The molecule has 1 nitrogen and oxygen atoms in total. The van der Waals surface area contributed by atoms with Gasteiger partial charge in [-0.3, -0.25) is 0 Å². The van der Waals surface area contributed by atoms with Crippen molar-refractivity contribution in [1.29, 1.82) is 0 Å². The van der Waals surface area contributed by atoms with E-state index in [-0.39, 0.29) is 0 Å². The van der Waals surface area contributed by atoms with Crippen molar-refractivity contribution < 1.29 is 4.57 Å². The second kappa shape index (κ2) is 9.33. The summed E-state index contributed by atoms with van der Waals surface area (Å²) in [4.78, 5) is 0. The molecule has 0 atom stereocenters. The monoisotopic (exact) mass is 422 g/mol. The third kappa shape index (κ3) is 4.63. The Balaban J connectivity index is 1.92. The lowest BCUT2D eigenvalue weighted by molar-refractivity contribution is 0.593. The van der Waals surface area contributed by atoms with Crippen LogP contribution in [0.15, 0.2) is 115 Å². The molecule has 0 amide bonds. The molecule has 154 valence electrons. The van der Waals surface area contributed by atoms with Crippen molar-refractivity contribution in [3.63, 3.8) is 0 Å². The quantitative estimate of drug-likeness (QED) is 0.309. The first kappa shape index (κ1) is 21.1. The van der Waals surface area contributed by atoms with E-state index in [0.29, 0.717) is 0 Å². The molecule has 0 fully saturated rings. The van der Waals surface area contributed by atoms with E-state index in [0.717, 1.165) is 27.9 Å². The van der Waals surface area contributed by atoms with E-state index in [1.807, 2.05) is 60.7 Å². The summed E-state index contributed by atoms with van der Waals surface area (Å²) in [7, 11) is -3.06. The second-order valence-electron chi connectivity index (χ2n) is 7.93. The average molecular weight is 423 g/mol. The molecule has 0 aliphatic heterocycles. The van der Waals surface area contributed by atoms with Crippen molar-refractivity contribution in [3.8, 4) is 0 Å².